The topological polar surface area (TPSA) is 38.9 Å². The van der Waals surface area contributed by atoms with Gasteiger partial charge in [0, 0.05) is 51.6 Å². The average Bonchev–Trinajstić information content (AvgIpc) is 3.95. The first-order valence-corrected chi connectivity index (χ1v) is 23.9. The van der Waals surface area contributed by atoms with Gasteiger partial charge in [-0.05, 0) is 153 Å². The molecule has 1 aliphatic carbocycles. The predicted octanol–water partition coefficient (Wildman–Crippen LogP) is 18.6. The van der Waals surface area contributed by atoms with Crippen molar-refractivity contribution in [1.29, 1.82) is 0 Å². The van der Waals surface area contributed by atoms with E-state index >= 15 is 0 Å². The number of fused-ring (bicyclic) bond motifs is 3. The molecule has 9 rings (SSSR count). The van der Waals surface area contributed by atoms with Gasteiger partial charge in [-0.2, -0.15) is 0 Å². The minimum Gasteiger partial charge on any atom is -0.501 e. The summed E-state index contributed by atoms with van der Waals surface area (Å²) in [6.45, 7) is 16.5. The fraction of sp³-hybridized carbons (Fsp3) is 0.375. The molecule has 3 aromatic heterocycles. The average molecular weight is 1090 g/mol. The van der Waals surface area contributed by atoms with E-state index in [0.717, 1.165) is 46.0 Å². The van der Waals surface area contributed by atoms with E-state index in [1.165, 1.54) is 40.6 Å². The zero-order valence-corrected chi connectivity index (χ0v) is 43.9. The van der Waals surface area contributed by atoms with Crippen molar-refractivity contribution in [3.63, 3.8) is 0 Å². The molecule has 8 aromatic rings. The molecule has 355 valence electrons. The molecule has 3 nitrogen and oxygen atoms in total. The Balaban J connectivity index is 0.000000231. The van der Waals surface area contributed by atoms with Crippen LogP contribution in [0.4, 0.5) is 0 Å². The number of furan rings is 1. The smallest absolute Gasteiger partial charge is 0.120 e. The third-order valence-corrected chi connectivity index (χ3v) is 13.6. The molecule has 5 aromatic carbocycles. The van der Waals surface area contributed by atoms with Crippen LogP contribution in [0.3, 0.4) is 0 Å². The van der Waals surface area contributed by atoms with Crippen molar-refractivity contribution < 1.29 is 39.6 Å². The molecule has 1 radical (unpaired) electrons. The van der Waals surface area contributed by atoms with Gasteiger partial charge in [0.25, 0.3) is 0 Å². The van der Waals surface area contributed by atoms with Crippen molar-refractivity contribution in [1.82, 2.24) is 9.97 Å². The second-order valence-electron chi connectivity index (χ2n) is 21.1. The van der Waals surface area contributed by atoms with Crippen molar-refractivity contribution in [3.8, 4) is 44.8 Å². The van der Waals surface area contributed by atoms with E-state index in [0.29, 0.717) is 52.3 Å². The van der Waals surface area contributed by atoms with Gasteiger partial charge in [0.05, 0.1) is 6.95 Å². The Morgan fingerprint density at radius 2 is 1.44 bits per heavy atom. The first-order valence-electron chi connectivity index (χ1n) is 29.4. The van der Waals surface area contributed by atoms with Crippen LogP contribution >= 0.6 is 0 Å². The first-order chi connectivity index (χ1) is 36.2. The number of benzene rings is 5. The van der Waals surface area contributed by atoms with E-state index in [1.807, 2.05) is 48.7 Å². The molecule has 0 saturated heterocycles. The van der Waals surface area contributed by atoms with Crippen LogP contribution in [0, 0.1) is 38.1 Å². The molecular weight excluding hydrogens is 1000 g/mol. The van der Waals surface area contributed by atoms with Gasteiger partial charge in [-0.15, -0.1) is 47.5 Å². The van der Waals surface area contributed by atoms with Crippen molar-refractivity contribution in [2.45, 2.75) is 151 Å². The summed E-state index contributed by atoms with van der Waals surface area (Å²) in [7, 11) is 0. The molecule has 3 heterocycles. The molecule has 1 saturated carbocycles. The maximum atomic E-state index is 9.24. The Morgan fingerprint density at radius 1 is 0.735 bits per heavy atom. The van der Waals surface area contributed by atoms with Gasteiger partial charge in [0.15, 0.2) is 0 Å². The largest absolute Gasteiger partial charge is 0.501 e. The quantitative estimate of drug-likeness (QED) is 0.142. The monoisotopic (exact) mass is 1090 g/mol. The minimum atomic E-state index is -2.66. The number of aromatic nitrogens is 2. The summed E-state index contributed by atoms with van der Waals surface area (Å²) >= 11 is 0. The van der Waals surface area contributed by atoms with Crippen molar-refractivity contribution >= 4 is 21.9 Å². The van der Waals surface area contributed by atoms with Crippen LogP contribution in [0.25, 0.3) is 66.7 Å². The maximum absolute atomic E-state index is 9.24. The number of hydrogen-bond acceptors (Lipinski definition) is 3. The standard InChI is InChI=1S/C33H32NO.C31H40N.Ir/c1-21-18-24(23-14-16-33(3,4)17-15-23)12-13-25(21)29-19-30(34-20-22(29)2)28-10-7-9-27-26-8-5-6-11-31(26)35-32(27)28;1-19(2)24-16-26(20(3)4)30(27(17-24)21(5)6)28-15-23(12-11-22(28)7)29-18-25(13-14-32-29)31(8,9)10;/h5-9,11-13,18-20,23H,14-17H2,1-4H3;11,13-21H,1-10H3;/q2*-1;/i1D3,2D3,13D,23D;7D3;. The third kappa shape index (κ3) is 10.7. The van der Waals surface area contributed by atoms with Crippen LogP contribution in [0.5, 0.6) is 0 Å². The Hall–Kier alpha value is -5.15. The Morgan fingerprint density at radius 3 is 2.10 bits per heavy atom. The minimum absolute atomic E-state index is 0. The van der Waals surface area contributed by atoms with Gasteiger partial charge in [-0.1, -0.05) is 160 Å². The second kappa shape index (κ2) is 20.4. The van der Waals surface area contributed by atoms with E-state index < -0.39 is 26.4 Å². The molecule has 0 atom stereocenters. The first kappa shape index (κ1) is 37.7. The SMILES string of the molecule is [2H]C([2H])([2H])c1c[c-]c(-c2cc(C(C)(C)C)ccn2)cc1-c1c(C(C)C)cc(C(C)C)cc1C(C)C.[2H]c1cc(C2([2H])CCC(C)(C)CC2)cc(C([2H])([2H])[2H])c1-c1cc(-c2[c-]ccc3c2oc2ccccc23)ncc1C([2H])([2H])[2H].[Ir]. The van der Waals surface area contributed by atoms with E-state index in [9.17, 15) is 1.37 Å². The molecule has 0 spiro atoms. The number of para-hydroxylation sites is 1. The predicted molar refractivity (Wildman–Crippen MR) is 285 cm³/mol. The summed E-state index contributed by atoms with van der Waals surface area (Å²) in [5.74, 6) is -0.127. The fourth-order valence-corrected chi connectivity index (χ4v) is 9.28. The number of nitrogens with zero attached hydrogens (tertiary/aromatic N) is 2. The van der Waals surface area contributed by atoms with E-state index in [2.05, 4.69) is 116 Å². The molecule has 0 N–H and O–H groups in total. The van der Waals surface area contributed by atoms with Crippen LogP contribution in [0.2, 0.25) is 0 Å². The summed E-state index contributed by atoms with van der Waals surface area (Å²) < 4.78 is 99.4. The van der Waals surface area contributed by atoms with Crippen LogP contribution in [0.1, 0.15) is 185 Å². The van der Waals surface area contributed by atoms with Crippen molar-refractivity contribution in [2.75, 3.05) is 0 Å². The normalized spacial score (nSPS) is 17.5. The van der Waals surface area contributed by atoms with Gasteiger partial charge in [0.1, 0.15) is 5.58 Å². The number of hydrogen-bond donors (Lipinski definition) is 0. The Kier molecular flexibility index (Phi) is 11.3. The molecule has 0 unspecified atom stereocenters. The Labute approximate surface area is 437 Å². The van der Waals surface area contributed by atoms with Crippen molar-refractivity contribution in [2.24, 2.45) is 5.41 Å². The van der Waals surface area contributed by atoms with Gasteiger partial charge >= 0.3 is 0 Å². The third-order valence-electron chi connectivity index (χ3n) is 13.6. The molecule has 4 heteroatoms. The summed E-state index contributed by atoms with van der Waals surface area (Å²) in [6.07, 6.45) is 5.80. The van der Waals surface area contributed by atoms with E-state index in [1.54, 1.807) is 18.2 Å². The number of rotatable bonds is 8. The Bertz CT molecular complexity index is 3480. The van der Waals surface area contributed by atoms with Crippen LogP contribution in [0.15, 0.2) is 114 Å². The molecular formula is C64H72IrN2O-2. The van der Waals surface area contributed by atoms with E-state index in [4.69, 9.17) is 18.1 Å². The second-order valence-corrected chi connectivity index (χ2v) is 21.1. The summed E-state index contributed by atoms with van der Waals surface area (Å²) in [5, 5.41) is 1.76. The van der Waals surface area contributed by atoms with Gasteiger partial charge in [-0.25, -0.2) is 0 Å². The van der Waals surface area contributed by atoms with Gasteiger partial charge < -0.3 is 14.4 Å². The van der Waals surface area contributed by atoms with Crippen LogP contribution < -0.4 is 0 Å². The van der Waals surface area contributed by atoms with Gasteiger partial charge in [-0.3, -0.25) is 0 Å². The number of pyridine rings is 2. The molecule has 1 aliphatic rings. The summed E-state index contributed by atoms with van der Waals surface area (Å²) in [6, 6.07) is 34.4. The van der Waals surface area contributed by atoms with Crippen LogP contribution in [-0.4, -0.2) is 9.97 Å². The summed E-state index contributed by atoms with van der Waals surface area (Å²) in [4.78, 5) is 9.11. The molecule has 0 amide bonds. The maximum Gasteiger partial charge on any atom is 0.120 e. The molecule has 1 fully saturated rings. The zero-order chi connectivity index (χ0) is 57.2. The van der Waals surface area contributed by atoms with Gasteiger partial charge in [0.2, 0.25) is 0 Å². The molecule has 0 bridgehead atoms. The van der Waals surface area contributed by atoms with Crippen LogP contribution in [-0.2, 0) is 25.5 Å². The van der Waals surface area contributed by atoms with Crippen molar-refractivity contribution in [3.05, 3.63) is 166 Å². The zero-order valence-electron chi connectivity index (χ0n) is 52.5. The summed E-state index contributed by atoms with van der Waals surface area (Å²) in [5.41, 5.74) is 11.1. The fourth-order valence-electron chi connectivity index (χ4n) is 9.28. The number of aryl methyl sites for hydroxylation is 3. The molecule has 0 aliphatic heterocycles. The van der Waals surface area contributed by atoms with E-state index in [-0.39, 0.29) is 71.1 Å². The molecule has 68 heavy (non-hydrogen) atoms.